The lowest BCUT2D eigenvalue weighted by Crippen LogP contribution is -2.33. The third-order valence-corrected chi connectivity index (χ3v) is 5.47. The summed E-state index contributed by atoms with van der Waals surface area (Å²) >= 11 is 0. The zero-order valence-electron chi connectivity index (χ0n) is 18.3. The number of carbonyl (C=O) groups is 2. The van der Waals surface area contributed by atoms with Gasteiger partial charge in [0.2, 0.25) is 23.5 Å². The van der Waals surface area contributed by atoms with Crippen molar-refractivity contribution < 1.29 is 18.8 Å². The summed E-state index contributed by atoms with van der Waals surface area (Å²) in [6.45, 7) is 2.32. The molecule has 1 aromatic heterocycles. The van der Waals surface area contributed by atoms with E-state index in [-0.39, 0.29) is 11.8 Å². The minimum Gasteiger partial charge on any atom is -0.497 e. The van der Waals surface area contributed by atoms with Crippen LogP contribution in [-0.2, 0) is 22.4 Å². The molecule has 3 aromatic rings. The minimum absolute atomic E-state index is 0.0407. The molecular weight excluding hydrogens is 408 g/mol. The van der Waals surface area contributed by atoms with Crippen molar-refractivity contribution in [1.82, 2.24) is 10.1 Å². The predicted octanol–water partition coefficient (Wildman–Crippen LogP) is 4.01. The first-order chi connectivity index (χ1) is 15.5. The van der Waals surface area contributed by atoms with Crippen LogP contribution in [0.2, 0.25) is 0 Å². The van der Waals surface area contributed by atoms with E-state index in [0.29, 0.717) is 31.0 Å². The molecule has 0 unspecified atom stereocenters. The molecule has 1 aliphatic rings. The first kappa shape index (κ1) is 21.5. The summed E-state index contributed by atoms with van der Waals surface area (Å²) in [5, 5.41) is 6.95. The molecule has 1 N–H and O–H groups in total. The molecule has 0 radical (unpaired) electrons. The van der Waals surface area contributed by atoms with Gasteiger partial charge in [-0.15, -0.1) is 0 Å². The zero-order chi connectivity index (χ0) is 22.5. The maximum absolute atomic E-state index is 12.4. The van der Waals surface area contributed by atoms with Gasteiger partial charge in [-0.2, -0.15) is 4.98 Å². The summed E-state index contributed by atoms with van der Waals surface area (Å²) in [7, 11) is 1.62. The number of benzene rings is 2. The number of methoxy groups -OCH3 is 1. The van der Waals surface area contributed by atoms with Crippen LogP contribution in [0, 0.1) is 0 Å². The largest absolute Gasteiger partial charge is 0.497 e. The van der Waals surface area contributed by atoms with Crippen molar-refractivity contribution in [3.05, 3.63) is 53.9 Å². The van der Waals surface area contributed by atoms with E-state index in [1.54, 1.807) is 18.9 Å². The van der Waals surface area contributed by atoms with Gasteiger partial charge in [0.15, 0.2) is 0 Å². The number of aryl methyl sites for hydroxylation is 2. The number of nitrogens with one attached hydrogen (secondary N) is 1. The molecule has 0 bridgehead atoms. The molecule has 4 rings (SSSR count). The zero-order valence-corrected chi connectivity index (χ0v) is 18.3. The van der Waals surface area contributed by atoms with Gasteiger partial charge < -0.3 is 19.5 Å². The van der Waals surface area contributed by atoms with Crippen LogP contribution < -0.4 is 15.0 Å². The summed E-state index contributed by atoms with van der Waals surface area (Å²) in [6, 6.07) is 13.1. The number of fused-ring (bicyclic) bond motifs is 1. The Labute approximate surface area is 186 Å². The Kier molecular flexibility index (Phi) is 6.49. The average Bonchev–Trinajstić information content (AvgIpc) is 3.27. The number of aromatic nitrogens is 2. The van der Waals surface area contributed by atoms with E-state index in [0.717, 1.165) is 47.6 Å². The molecule has 2 heterocycles. The van der Waals surface area contributed by atoms with Crippen LogP contribution >= 0.6 is 0 Å². The third kappa shape index (κ3) is 4.96. The topological polar surface area (TPSA) is 97.6 Å². The predicted molar refractivity (Wildman–Crippen MR) is 121 cm³/mol. The smallest absolute Gasteiger partial charge is 0.226 e. The Bertz CT molecular complexity index is 1110. The fraction of sp³-hybridized carbons (Fsp3) is 0.333. The van der Waals surface area contributed by atoms with E-state index in [1.807, 2.05) is 42.5 Å². The summed E-state index contributed by atoms with van der Waals surface area (Å²) < 4.78 is 10.5. The Morgan fingerprint density at radius 3 is 2.75 bits per heavy atom. The fourth-order valence-electron chi connectivity index (χ4n) is 3.84. The van der Waals surface area contributed by atoms with Gasteiger partial charge in [-0.05, 0) is 67.3 Å². The number of nitrogens with zero attached hydrogens (tertiary/aromatic N) is 3. The normalized spacial score (nSPS) is 12.9. The van der Waals surface area contributed by atoms with Crippen LogP contribution in [0.1, 0.15) is 37.6 Å². The molecule has 1 aliphatic heterocycles. The van der Waals surface area contributed by atoms with E-state index in [2.05, 4.69) is 15.5 Å². The summed E-state index contributed by atoms with van der Waals surface area (Å²) in [6.07, 6.45) is 3.29. The number of hydrogen-bond donors (Lipinski definition) is 1. The van der Waals surface area contributed by atoms with Crippen molar-refractivity contribution in [3.8, 4) is 17.1 Å². The fourth-order valence-corrected chi connectivity index (χ4v) is 3.84. The van der Waals surface area contributed by atoms with Gasteiger partial charge in [0.25, 0.3) is 0 Å². The SMILES string of the molecule is COc1ccc(-c2noc(CCCC(=O)Nc3ccc4c(c3)CCCN4C(C)=O)n2)cc1. The Hall–Kier alpha value is -3.68. The van der Waals surface area contributed by atoms with Gasteiger partial charge >= 0.3 is 0 Å². The Morgan fingerprint density at radius 1 is 1.19 bits per heavy atom. The molecule has 8 heteroatoms. The van der Waals surface area contributed by atoms with Gasteiger partial charge in [0.1, 0.15) is 5.75 Å². The maximum Gasteiger partial charge on any atom is 0.226 e. The highest BCUT2D eigenvalue weighted by atomic mass is 16.5. The summed E-state index contributed by atoms with van der Waals surface area (Å²) in [5.74, 6) is 1.75. The molecule has 2 amide bonds. The van der Waals surface area contributed by atoms with Crippen molar-refractivity contribution in [2.45, 2.75) is 39.0 Å². The Morgan fingerprint density at radius 2 is 2.00 bits per heavy atom. The van der Waals surface area contributed by atoms with Crippen LogP contribution in [0.4, 0.5) is 11.4 Å². The van der Waals surface area contributed by atoms with Crippen molar-refractivity contribution in [2.24, 2.45) is 0 Å². The minimum atomic E-state index is -0.0703. The number of ether oxygens (including phenoxy) is 1. The van der Waals surface area contributed by atoms with Gasteiger partial charge in [0.05, 0.1) is 7.11 Å². The van der Waals surface area contributed by atoms with Crippen LogP contribution in [-0.4, -0.2) is 35.6 Å². The molecule has 2 aromatic carbocycles. The second-order valence-corrected chi connectivity index (χ2v) is 7.76. The molecule has 8 nitrogen and oxygen atoms in total. The van der Waals surface area contributed by atoms with Gasteiger partial charge in [0, 0.05) is 43.2 Å². The van der Waals surface area contributed by atoms with E-state index >= 15 is 0 Å². The van der Waals surface area contributed by atoms with Crippen LogP contribution in [0.25, 0.3) is 11.4 Å². The Balaban J connectivity index is 1.28. The van der Waals surface area contributed by atoms with E-state index in [9.17, 15) is 9.59 Å². The lowest BCUT2D eigenvalue weighted by atomic mass is 10.0. The number of amides is 2. The van der Waals surface area contributed by atoms with Gasteiger partial charge in [-0.1, -0.05) is 5.16 Å². The van der Waals surface area contributed by atoms with Crippen molar-refractivity contribution in [2.75, 3.05) is 23.9 Å². The molecule has 0 aliphatic carbocycles. The molecule has 166 valence electrons. The molecule has 0 spiro atoms. The highest BCUT2D eigenvalue weighted by Crippen LogP contribution is 2.30. The number of anilines is 2. The van der Waals surface area contributed by atoms with E-state index in [4.69, 9.17) is 9.26 Å². The van der Waals surface area contributed by atoms with Crippen LogP contribution in [0.15, 0.2) is 47.0 Å². The molecule has 0 saturated carbocycles. The lowest BCUT2D eigenvalue weighted by Gasteiger charge is -2.29. The molecule has 0 fully saturated rings. The van der Waals surface area contributed by atoms with Crippen molar-refractivity contribution in [1.29, 1.82) is 0 Å². The second kappa shape index (κ2) is 9.64. The average molecular weight is 434 g/mol. The first-order valence-electron chi connectivity index (χ1n) is 10.7. The maximum atomic E-state index is 12.4. The quantitative estimate of drug-likeness (QED) is 0.604. The third-order valence-electron chi connectivity index (χ3n) is 5.47. The standard InChI is InChI=1S/C24H26N4O4/c1-16(29)28-14-4-5-18-15-19(10-13-21(18)28)25-22(30)6-3-7-23-26-24(27-32-23)17-8-11-20(31-2)12-9-17/h8-13,15H,3-7,14H2,1-2H3,(H,25,30). The molecule has 32 heavy (non-hydrogen) atoms. The van der Waals surface area contributed by atoms with Crippen LogP contribution in [0.3, 0.4) is 0 Å². The highest BCUT2D eigenvalue weighted by Gasteiger charge is 2.20. The van der Waals surface area contributed by atoms with Crippen molar-refractivity contribution in [3.63, 3.8) is 0 Å². The van der Waals surface area contributed by atoms with Crippen LogP contribution in [0.5, 0.6) is 5.75 Å². The van der Waals surface area contributed by atoms with E-state index in [1.165, 1.54) is 0 Å². The van der Waals surface area contributed by atoms with E-state index < -0.39 is 0 Å². The van der Waals surface area contributed by atoms with Gasteiger partial charge in [-0.25, -0.2) is 0 Å². The summed E-state index contributed by atoms with van der Waals surface area (Å²) in [4.78, 5) is 30.4. The lowest BCUT2D eigenvalue weighted by molar-refractivity contribution is -0.117. The van der Waals surface area contributed by atoms with Gasteiger partial charge in [-0.3, -0.25) is 9.59 Å². The molecule has 0 atom stereocenters. The highest BCUT2D eigenvalue weighted by molar-refractivity contribution is 5.94. The number of rotatable bonds is 7. The summed E-state index contributed by atoms with van der Waals surface area (Å²) in [5.41, 5.74) is 3.61. The molecular formula is C24H26N4O4. The second-order valence-electron chi connectivity index (χ2n) is 7.76. The van der Waals surface area contributed by atoms with Crippen molar-refractivity contribution >= 4 is 23.2 Å². The first-order valence-corrected chi connectivity index (χ1v) is 10.7. The monoisotopic (exact) mass is 434 g/mol. The molecule has 0 saturated heterocycles. The number of carbonyl (C=O) groups excluding carboxylic acids is 2. The number of hydrogen-bond acceptors (Lipinski definition) is 6.